The fourth-order valence-corrected chi connectivity index (χ4v) is 2.08. The maximum absolute atomic E-state index is 5.96. The summed E-state index contributed by atoms with van der Waals surface area (Å²) >= 11 is 0. The topological polar surface area (TPSA) is 29.3 Å². The molecule has 0 aromatic carbocycles. The van der Waals surface area contributed by atoms with Gasteiger partial charge in [-0.25, -0.2) is 0 Å². The van der Waals surface area contributed by atoms with Gasteiger partial charge in [0.2, 0.25) is 0 Å². The molecule has 2 nitrogen and oxygen atoms in total. The van der Waals surface area contributed by atoms with E-state index in [0.717, 1.165) is 25.4 Å². The Morgan fingerprint density at radius 2 is 1.86 bits per heavy atom. The zero-order valence-corrected chi connectivity index (χ0v) is 10.6. The van der Waals surface area contributed by atoms with E-state index in [2.05, 4.69) is 39.6 Å². The van der Waals surface area contributed by atoms with Gasteiger partial charge < -0.3 is 5.73 Å². The van der Waals surface area contributed by atoms with Crippen molar-refractivity contribution >= 4 is 0 Å². The predicted molar refractivity (Wildman–Crippen MR) is 64.5 cm³/mol. The Bertz CT molecular complexity index is 141. The molecule has 0 aromatic heterocycles. The Morgan fingerprint density at radius 3 is 2.14 bits per heavy atom. The van der Waals surface area contributed by atoms with Crippen LogP contribution in [0.5, 0.6) is 0 Å². The zero-order chi connectivity index (χ0) is 11.2. The quantitative estimate of drug-likeness (QED) is 0.684. The van der Waals surface area contributed by atoms with E-state index in [0.29, 0.717) is 0 Å². The monoisotopic (exact) mass is 200 g/mol. The summed E-state index contributed by atoms with van der Waals surface area (Å²) in [7, 11) is 2.19. The average Bonchev–Trinajstić information content (AvgIpc) is 2.24. The summed E-state index contributed by atoms with van der Waals surface area (Å²) in [5, 5.41) is 0. The fraction of sp³-hybridized carbons (Fsp3) is 1.00. The molecule has 2 atom stereocenters. The van der Waals surface area contributed by atoms with Crippen LogP contribution < -0.4 is 5.73 Å². The van der Waals surface area contributed by atoms with Crippen molar-refractivity contribution in [2.45, 2.75) is 52.5 Å². The first-order valence-electron chi connectivity index (χ1n) is 5.97. The van der Waals surface area contributed by atoms with Crippen LogP contribution >= 0.6 is 0 Å². The highest BCUT2D eigenvalue weighted by Gasteiger charge is 2.31. The molecule has 0 fully saturated rings. The van der Waals surface area contributed by atoms with Gasteiger partial charge in [-0.15, -0.1) is 0 Å². The molecular weight excluding hydrogens is 172 g/mol. The molecule has 2 unspecified atom stereocenters. The first-order valence-corrected chi connectivity index (χ1v) is 5.97. The van der Waals surface area contributed by atoms with Crippen LogP contribution in [-0.2, 0) is 0 Å². The van der Waals surface area contributed by atoms with E-state index in [1.54, 1.807) is 0 Å². The van der Waals surface area contributed by atoms with Crippen molar-refractivity contribution in [3.8, 4) is 0 Å². The van der Waals surface area contributed by atoms with Gasteiger partial charge in [-0.2, -0.15) is 0 Å². The lowest BCUT2D eigenvalue weighted by Gasteiger charge is -2.42. The number of hydrogen-bond donors (Lipinski definition) is 1. The minimum Gasteiger partial charge on any atom is -0.329 e. The summed E-state index contributed by atoms with van der Waals surface area (Å²) in [6.07, 6.45) is 3.62. The summed E-state index contributed by atoms with van der Waals surface area (Å²) in [6.45, 7) is 10.9. The summed E-state index contributed by atoms with van der Waals surface area (Å²) in [5.74, 6) is 0.771. The molecule has 0 aliphatic carbocycles. The van der Waals surface area contributed by atoms with Crippen molar-refractivity contribution in [2.24, 2.45) is 11.7 Å². The largest absolute Gasteiger partial charge is 0.329 e. The third kappa shape index (κ3) is 3.25. The maximum Gasteiger partial charge on any atom is 0.0328 e. The lowest BCUT2D eigenvalue weighted by atomic mass is 9.83. The highest BCUT2D eigenvalue weighted by molar-refractivity contribution is 4.89. The average molecular weight is 200 g/mol. The second-order valence-corrected chi connectivity index (χ2v) is 4.51. The molecule has 86 valence electrons. The first kappa shape index (κ1) is 13.9. The Balaban J connectivity index is 4.52. The summed E-state index contributed by atoms with van der Waals surface area (Å²) in [4.78, 5) is 2.42. The van der Waals surface area contributed by atoms with Crippen molar-refractivity contribution in [3.63, 3.8) is 0 Å². The molecule has 0 bridgehead atoms. The molecule has 0 aliphatic rings. The molecule has 2 heteroatoms. The molecule has 14 heavy (non-hydrogen) atoms. The van der Waals surface area contributed by atoms with Gasteiger partial charge in [-0.1, -0.05) is 34.1 Å². The third-order valence-corrected chi connectivity index (χ3v) is 3.75. The Morgan fingerprint density at radius 1 is 1.29 bits per heavy atom. The van der Waals surface area contributed by atoms with E-state index >= 15 is 0 Å². The van der Waals surface area contributed by atoms with Gasteiger partial charge in [0.25, 0.3) is 0 Å². The molecule has 0 heterocycles. The summed E-state index contributed by atoms with van der Waals surface area (Å²) < 4.78 is 0. The van der Waals surface area contributed by atoms with Crippen LogP contribution in [0.2, 0.25) is 0 Å². The number of rotatable bonds is 7. The molecule has 0 rings (SSSR count). The standard InChI is InChI=1S/C12H28N2/c1-6-11(4)9-12(7-2,10-13)14(5)8-3/h11H,6-10,13H2,1-5H3. The smallest absolute Gasteiger partial charge is 0.0328 e. The molecule has 0 saturated heterocycles. The molecular formula is C12H28N2. The Labute approximate surface area is 89.9 Å². The highest BCUT2D eigenvalue weighted by Crippen LogP contribution is 2.27. The highest BCUT2D eigenvalue weighted by atomic mass is 15.2. The molecule has 0 amide bonds. The van der Waals surface area contributed by atoms with Crippen molar-refractivity contribution in [2.75, 3.05) is 20.1 Å². The van der Waals surface area contributed by atoms with E-state index in [9.17, 15) is 0 Å². The minimum atomic E-state index is 0.226. The van der Waals surface area contributed by atoms with Crippen molar-refractivity contribution in [3.05, 3.63) is 0 Å². The fourth-order valence-electron chi connectivity index (χ4n) is 2.08. The summed E-state index contributed by atoms with van der Waals surface area (Å²) in [5.41, 5.74) is 6.18. The molecule has 2 N–H and O–H groups in total. The van der Waals surface area contributed by atoms with Gasteiger partial charge >= 0.3 is 0 Å². The van der Waals surface area contributed by atoms with Crippen molar-refractivity contribution in [1.29, 1.82) is 0 Å². The van der Waals surface area contributed by atoms with Gasteiger partial charge in [0.15, 0.2) is 0 Å². The van der Waals surface area contributed by atoms with E-state index in [4.69, 9.17) is 5.73 Å². The molecule has 0 aromatic rings. The van der Waals surface area contributed by atoms with Crippen LogP contribution in [0.3, 0.4) is 0 Å². The summed E-state index contributed by atoms with van der Waals surface area (Å²) in [6, 6.07) is 0. The van der Waals surface area contributed by atoms with E-state index in [1.807, 2.05) is 0 Å². The van der Waals surface area contributed by atoms with Gasteiger partial charge in [-0.3, -0.25) is 4.90 Å². The van der Waals surface area contributed by atoms with Gasteiger partial charge in [-0.05, 0) is 32.4 Å². The second-order valence-electron chi connectivity index (χ2n) is 4.51. The molecule has 0 saturated carbocycles. The first-order chi connectivity index (χ1) is 6.56. The third-order valence-electron chi connectivity index (χ3n) is 3.75. The van der Waals surface area contributed by atoms with Crippen LogP contribution in [0.1, 0.15) is 47.0 Å². The molecule has 0 aliphatic heterocycles. The number of nitrogens with two attached hydrogens (primary N) is 1. The number of likely N-dealkylation sites (N-methyl/N-ethyl adjacent to an activating group) is 1. The number of nitrogens with zero attached hydrogens (tertiary/aromatic N) is 1. The SMILES string of the molecule is CCC(C)CC(CC)(CN)N(C)CC. The van der Waals surface area contributed by atoms with Crippen molar-refractivity contribution in [1.82, 2.24) is 4.90 Å². The second kappa shape index (κ2) is 6.41. The molecule has 0 radical (unpaired) electrons. The van der Waals surface area contributed by atoms with Gasteiger partial charge in [0.05, 0.1) is 0 Å². The van der Waals surface area contributed by atoms with E-state index in [1.165, 1.54) is 12.8 Å². The van der Waals surface area contributed by atoms with Crippen molar-refractivity contribution < 1.29 is 0 Å². The maximum atomic E-state index is 5.96. The predicted octanol–water partition coefficient (Wildman–Crippen LogP) is 2.48. The Kier molecular flexibility index (Phi) is 6.38. The number of hydrogen-bond acceptors (Lipinski definition) is 2. The van der Waals surface area contributed by atoms with Crippen LogP contribution in [0, 0.1) is 5.92 Å². The van der Waals surface area contributed by atoms with Crippen LogP contribution in [-0.4, -0.2) is 30.6 Å². The van der Waals surface area contributed by atoms with Gasteiger partial charge in [0.1, 0.15) is 0 Å². The van der Waals surface area contributed by atoms with Gasteiger partial charge in [0, 0.05) is 12.1 Å². The molecule has 0 spiro atoms. The van der Waals surface area contributed by atoms with Crippen LogP contribution in [0.25, 0.3) is 0 Å². The van der Waals surface area contributed by atoms with Crippen LogP contribution in [0.4, 0.5) is 0 Å². The lowest BCUT2D eigenvalue weighted by molar-refractivity contribution is 0.0983. The minimum absolute atomic E-state index is 0.226. The van der Waals surface area contributed by atoms with Crippen LogP contribution in [0.15, 0.2) is 0 Å². The zero-order valence-electron chi connectivity index (χ0n) is 10.6. The normalized spacial score (nSPS) is 18.2. The lowest BCUT2D eigenvalue weighted by Crippen LogP contribution is -2.52. The van der Waals surface area contributed by atoms with E-state index in [-0.39, 0.29) is 5.54 Å². The Hall–Kier alpha value is -0.0800. The van der Waals surface area contributed by atoms with E-state index < -0.39 is 0 Å².